The van der Waals surface area contributed by atoms with E-state index in [1.807, 2.05) is 13.8 Å². The smallest absolute Gasteiger partial charge is 0.226 e. The number of rotatable bonds is 1. The van der Waals surface area contributed by atoms with Crippen LogP contribution < -0.4 is 5.43 Å². The first-order valence-electron chi connectivity index (χ1n) is 3.43. The SMILES string of the molecule is CC(C)c1cc(=O)c(O)co1. The van der Waals surface area contributed by atoms with Gasteiger partial charge < -0.3 is 9.52 Å². The Kier molecular flexibility index (Phi) is 1.98. The third kappa shape index (κ3) is 1.61. The van der Waals surface area contributed by atoms with E-state index in [9.17, 15) is 4.79 Å². The Labute approximate surface area is 64.3 Å². The molecule has 0 spiro atoms. The van der Waals surface area contributed by atoms with Crippen LogP contribution in [-0.2, 0) is 0 Å². The van der Waals surface area contributed by atoms with Gasteiger partial charge in [-0.25, -0.2) is 0 Å². The molecule has 0 radical (unpaired) electrons. The Morgan fingerprint density at radius 2 is 2.18 bits per heavy atom. The quantitative estimate of drug-likeness (QED) is 0.666. The van der Waals surface area contributed by atoms with Gasteiger partial charge >= 0.3 is 0 Å². The highest BCUT2D eigenvalue weighted by molar-refractivity contribution is 5.16. The summed E-state index contributed by atoms with van der Waals surface area (Å²) in [5, 5.41) is 8.82. The maximum Gasteiger partial charge on any atom is 0.226 e. The van der Waals surface area contributed by atoms with Crippen molar-refractivity contribution in [1.29, 1.82) is 0 Å². The molecule has 1 rings (SSSR count). The van der Waals surface area contributed by atoms with Gasteiger partial charge in [-0.3, -0.25) is 4.79 Å². The highest BCUT2D eigenvalue weighted by Crippen LogP contribution is 2.13. The summed E-state index contributed by atoms with van der Waals surface area (Å²) in [7, 11) is 0. The zero-order chi connectivity index (χ0) is 8.43. The fraction of sp³-hybridized carbons (Fsp3) is 0.375. The van der Waals surface area contributed by atoms with E-state index in [4.69, 9.17) is 9.52 Å². The van der Waals surface area contributed by atoms with Crippen molar-refractivity contribution in [2.24, 2.45) is 0 Å². The first kappa shape index (κ1) is 7.85. The van der Waals surface area contributed by atoms with Gasteiger partial charge in [-0.1, -0.05) is 13.8 Å². The van der Waals surface area contributed by atoms with E-state index in [-0.39, 0.29) is 17.1 Å². The average molecular weight is 154 g/mol. The first-order chi connectivity index (χ1) is 5.11. The Morgan fingerprint density at radius 3 is 2.64 bits per heavy atom. The van der Waals surface area contributed by atoms with Gasteiger partial charge in [0.15, 0.2) is 5.75 Å². The second-order valence-corrected chi connectivity index (χ2v) is 2.69. The fourth-order valence-corrected chi connectivity index (χ4v) is 0.722. The molecule has 0 fully saturated rings. The molecule has 0 atom stereocenters. The summed E-state index contributed by atoms with van der Waals surface area (Å²) in [6, 6.07) is 1.31. The Morgan fingerprint density at radius 1 is 1.55 bits per heavy atom. The first-order valence-corrected chi connectivity index (χ1v) is 3.43. The summed E-state index contributed by atoms with van der Waals surface area (Å²) < 4.78 is 4.95. The van der Waals surface area contributed by atoms with Crippen LogP contribution in [0, 0.1) is 0 Å². The molecule has 0 aromatic carbocycles. The number of hydrogen-bond donors (Lipinski definition) is 1. The molecule has 0 unspecified atom stereocenters. The minimum atomic E-state index is -0.389. The van der Waals surface area contributed by atoms with E-state index in [1.54, 1.807) is 0 Å². The summed E-state index contributed by atoms with van der Waals surface area (Å²) in [5.41, 5.74) is -0.389. The lowest BCUT2D eigenvalue weighted by molar-refractivity contribution is 0.405. The molecule has 0 aliphatic rings. The molecular weight excluding hydrogens is 144 g/mol. The molecule has 0 saturated heterocycles. The molecular formula is C8H10O3. The molecule has 0 aliphatic heterocycles. The molecule has 11 heavy (non-hydrogen) atoms. The Balaban J connectivity index is 3.16. The van der Waals surface area contributed by atoms with Gasteiger partial charge in [0.05, 0.1) is 0 Å². The summed E-state index contributed by atoms with van der Waals surface area (Å²) >= 11 is 0. The standard InChI is InChI=1S/C8H10O3/c1-5(2)8-3-6(9)7(10)4-11-8/h3-5,10H,1-2H3. The lowest BCUT2D eigenvalue weighted by Gasteiger charge is -2.01. The van der Waals surface area contributed by atoms with Gasteiger partial charge in [0.1, 0.15) is 12.0 Å². The van der Waals surface area contributed by atoms with Crippen molar-refractivity contribution in [2.45, 2.75) is 19.8 Å². The topological polar surface area (TPSA) is 50.4 Å². The van der Waals surface area contributed by atoms with Crippen molar-refractivity contribution < 1.29 is 9.52 Å². The largest absolute Gasteiger partial charge is 0.502 e. The summed E-state index contributed by atoms with van der Waals surface area (Å²) in [6.07, 6.45) is 1.07. The van der Waals surface area contributed by atoms with Crippen LogP contribution in [0.5, 0.6) is 5.75 Å². The summed E-state index contributed by atoms with van der Waals surface area (Å²) in [4.78, 5) is 10.8. The van der Waals surface area contributed by atoms with Crippen molar-refractivity contribution in [3.63, 3.8) is 0 Å². The van der Waals surface area contributed by atoms with Crippen LogP contribution in [0.25, 0.3) is 0 Å². The maximum atomic E-state index is 10.8. The van der Waals surface area contributed by atoms with Gasteiger partial charge in [0, 0.05) is 12.0 Å². The van der Waals surface area contributed by atoms with E-state index in [2.05, 4.69) is 0 Å². The van der Waals surface area contributed by atoms with Gasteiger partial charge in [-0.05, 0) is 0 Å². The lowest BCUT2D eigenvalue weighted by atomic mass is 10.1. The predicted molar refractivity (Wildman–Crippen MR) is 40.7 cm³/mol. The summed E-state index contributed by atoms with van der Waals surface area (Å²) in [6.45, 7) is 3.82. The highest BCUT2D eigenvalue weighted by atomic mass is 16.4. The van der Waals surface area contributed by atoms with Crippen LogP contribution in [0.15, 0.2) is 21.5 Å². The average Bonchev–Trinajstić information content (AvgIpc) is 1.94. The van der Waals surface area contributed by atoms with Crippen molar-refractivity contribution in [3.8, 4) is 5.75 Å². The van der Waals surface area contributed by atoms with Crippen LogP contribution in [0.3, 0.4) is 0 Å². The zero-order valence-corrected chi connectivity index (χ0v) is 6.50. The lowest BCUT2D eigenvalue weighted by Crippen LogP contribution is -2.00. The van der Waals surface area contributed by atoms with Gasteiger partial charge in [-0.2, -0.15) is 0 Å². The highest BCUT2D eigenvalue weighted by Gasteiger charge is 2.04. The normalized spacial score (nSPS) is 10.5. The molecule has 3 heteroatoms. The summed E-state index contributed by atoms with van der Waals surface area (Å²) in [5.74, 6) is 0.422. The van der Waals surface area contributed by atoms with Crippen LogP contribution in [0.2, 0.25) is 0 Å². The molecule has 3 nitrogen and oxygen atoms in total. The van der Waals surface area contributed by atoms with E-state index in [0.717, 1.165) is 6.26 Å². The van der Waals surface area contributed by atoms with Crippen LogP contribution in [-0.4, -0.2) is 5.11 Å². The number of hydrogen-bond acceptors (Lipinski definition) is 3. The second kappa shape index (κ2) is 2.78. The Hall–Kier alpha value is -1.25. The maximum absolute atomic E-state index is 10.8. The fourth-order valence-electron chi connectivity index (χ4n) is 0.722. The molecule has 0 bridgehead atoms. The minimum Gasteiger partial charge on any atom is -0.502 e. The number of aromatic hydroxyl groups is 1. The van der Waals surface area contributed by atoms with E-state index in [1.165, 1.54) is 6.07 Å². The van der Waals surface area contributed by atoms with Crippen LogP contribution >= 0.6 is 0 Å². The van der Waals surface area contributed by atoms with E-state index >= 15 is 0 Å². The van der Waals surface area contributed by atoms with Crippen molar-refractivity contribution >= 4 is 0 Å². The van der Waals surface area contributed by atoms with E-state index < -0.39 is 0 Å². The molecule has 0 saturated carbocycles. The molecule has 0 aliphatic carbocycles. The van der Waals surface area contributed by atoms with Gasteiger partial charge in [-0.15, -0.1) is 0 Å². The van der Waals surface area contributed by atoms with Crippen molar-refractivity contribution in [1.82, 2.24) is 0 Å². The molecule has 0 amide bonds. The third-order valence-electron chi connectivity index (χ3n) is 1.40. The Bertz CT molecular complexity index is 298. The van der Waals surface area contributed by atoms with E-state index in [0.29, 0.717) is 5.76 Å². The second-order valence-electron chi connectivity index (χ2n) is 2.69. The molecule has 60 valence electrons. The monoisotopic (exact) mass is 154 g/mol. The molecule has 1 heterocycles. The van der Waals surface area contributed by atoms with Crippen LogP contribution in [0.1, 0.15) is 25.5 Å². The van der Waals surface area contributed by atoms with Crippen molar-refractivity contribution in [3.05, 3.63) is 28.3 Å². The third-order valence-corrected chi connectivity index (χ3v) is 1.40. The predicted octanol–water partition coefficient (Wildman–Crippen LogP) is 1.47. The van der Waals surface area contributed by atoms with Crippen LogP contribution in [0.4, 0.5) is 0 Å². The molecule has 1 aromatic rings. The van der Waals surface area contributed by atoms with Gasteiger partial charge in [0.25, 0.3) is 0 Å². The minimum absolute atomic E-state index is 0.170. The van der Waals surface area contributed by atoms with Crippen molar-refractivity contribution in [2.75, 3.05) is 0 Å². The molecule has 1 aromatic heterocycles. The zero-order valence-electron chi connectivity index (χ0n) is 6.50. The molecule has 1 N–H and O–H groups in total. The van der Waals surface area contributed by atoms with Gasteiger partial charge in [0.2, 0.25) is 5.43 Å².